The van der Waals surface area contributed by atoms with E-state index in [0.717, 1.165) is 6.26 Å². The number of benzene rings is 1. The Morgan fingerprint density at radius 3 is 2.44 bits per heavy atom. The third-order valence-electron chi connectivity index (χ3n) is 8.26. The number of ether oxygens (including phenoxy) is 6. The van der Waals surface area contributed by atoms with Crippen LogP contribution in [0.15, 0.2) is 59.9 Å². The Hall–Kier alpha value is -3.83. The van der Waals surface area contributed by atoms with Crippen LogP contribution in [-0.2, 0) is 42.8 Å². The van der Waals surface area contributed by atoms with Crippen molar-refractivity contribution < 1.29 is 73.4 Å². The maximum atomic E-state index is 13.2. The summed E-state index contributed by atoms with van der Waals surface area (Å²) in [5.41, 5.74) is -1.22. The monoisotopic (exact) mass is 634 g/mol. The predicted molar refractivity (Wildman–Crippen MR) is 146 cm³/mol. The summed E-state index contributed by atoms with van der Waals surface area (Å²) >= 11 is 0. The SMILES string of the molecule is COC(=O)C1=COC(OC2OC(CO)C(O)C(O)C2O)C2C1C=CC21C=C(C(C)OC(=O)CC(O)c2ccc(O)cc2)C(=O)O1. The molecule has 1 saturated heterocycles. The fraction of sp³-hybridized carbons (Fsp3) is 0.500. The normalized spacial score (nSPS) is 35.0. The van der Waals surface area contributed by atoms with Crippen LogP contribution < -0.4 is 0 Å². The molecule has 15 nitrogen and oxygen atoms in total. The summed E-state index contributed by atoms with van der Waals surface area (Å²) in [5.74, 6) is -4.24. The highest BCUT2D eigenvalue weighted by Crippen LogP contribution is 2.51. The van der Waals surface area contributed by atoms with Gasteiger partial charge < -0.3 is 59.1 Å². The lowest BCUT2D eigenvalue weighted by molar-refractivity contribution is -0.344. The minimum Gasteiger partial charge on any atom is -0.508 e. The number of carbonyl (C=O) groups is 3. The number of esters is 3. The van der Waals surface area contributed by atoms with Crippen molar-refractivity contribution in [3.8, 4) is 5.75 Å². The van der Waals surface area contributed by atoms with Crippen molar-refractivity contribution in [1.29, 1.82) is 0 Å². The van der Waals surface area contributed by atoms with Gasteiger partial charge in [0.15, 0.2) is 11.9 Å². The lowest BCUT2D eigenvalue weighted by atomic mass is 9.78. The second-order valence-electron chi connectivity index (χ2n) is 11.1. The molecule has 0 saturated carbocycles. The summed E-state index contributed by atoms with van der Waals surface area (Å²) in [5, 5.41) is 60.3. The minimum absolute atomic E-state index is 0.00986. The number of hydrogen-bond acceptors (Lipinski definition) is 15. The van der Waals surface area contributed by atoms with E-state index in [4.69, 9.17) is 28.4 Å². The van der Waals surface area contributed by atoms with Crippen LogP contribution in [0.1, 0.15) is 25.0 Å². The highest BCUT2D eigenvalue weighted by Gasteiger charge is 2.60. The molecule has 3 aliphatic heterocycles. The van der Waals surface area contributed by atoms with Crippen molar-refractivity contribution in [2.75, 3.05) is 13.7 Å². The molecule has 1 spiro atoms. The zero-order valence-electron chi connectivity index (χ0n) is 24.2. The third kappa shape index (κ3) is 6.20. The summed E-state index contributed by atoms with van der Waals surface area (Å²) in [6.07, 6.45) is -6.65. The van der Waals surface area contributed by atoms with Crippen molar-refractivity contribution >= 4 is 17.9 Å². The summed E-state index contributed by atoms with van der Waals surface area (Å²) < 4.78 is 33.1. The Morgan fingerprint density at radius 1 is 1.07 bits per heavy atom. The van der Waals surface area contributed by atoms with E-state index in [9.17, 15) is 45.0 Å². The second kappa shape index (κ2) is 12.9. The van der Waals surface area contributed by atoms with Crippen molar-refractivity contribution in [2.45, 2.75) is 68.1 Å². The molecule has 6 N–H and O–H groups in total. The summed E-state index contributed by atoms with van der Waals surface area (Å²) in [6.45, 7) is 0.735. The molecule has 11 atom stereocenters. The topological polar surface area (TPSA) is 228 Å². The molecule has 0 radical (unpaired) electrons. The van der Waals surface area contributed by atoms with Gasteiger partial charge in [-0.05, 0) is 36.8 Å². The van der Waals surface area contributed by atoms with Crippen LogP contribution >= 0.6 is 0 Å². The number of carbonyl (C=O) groups excluding carboxylic acids is 3. The number of aromatic hydroxyl groups is 1. The molecule has 244 valence electrons. The first-order valence-electron chi connectivity index (χ1n) is 14.1. The van der Waals surface area contributed by atoms with E-state index in [0.29, 0.717) is 5.56 Å². The first kappa shape index (κ1) is 32.6. The summed E-state index contributed by atoms with van der Waals surface area (Å²) in [6, 6.07) is 5.62. The highest BCUT2D eigenvalue weighted by molar-refractivity contribution is 5.94. The predicted octanol–water partition coefficient (Wildman–Crippen LogP) is -0.999. The number of hydrogen-bond donors (Lipinski definition) is 6. The second-order valence-corrected chi connectivity index (χ2v) is 11.1. The van der Waals surface area contributed by atoms with Gasteiger partial charge in [-0.3, -0.25) is 4.79 Å². The van der Waals surface area contributed by atoms with E-state index >= 15 is 0 Å². The fourth-order valence-corrected chi connectivity index (χ4v) is 5.84. The van der Waals surface area contributed by atoms with E-state index in [1.807, 2.05) is 0 Å². The molecule has 0 aromatic heterocycles. The number of fused-ring (bicyclic) bond motifs is 2. The molecular weight excluding hydrogens is 600 g/mol. The zero-order valence-corrected chi connectivity index (χ0v) is 24.2. The van der Waals surface area contributed by atoms with E-state index in [-0.39, 0.29) is 16.9 Å². The summed E-state index contributed by atoms with van der Waals surface area (Å²) in [7, 11) is 1.17. The fourth-order valence-electron chi connectivity index (χ4n) is 5.84. The molecular formula is C30H34O15. The Morgan fingerprint density at radius 2 is 1.78 bits per heavy atom. The number of phenols is 1. The van der Waals surface area contributed by atoms with Gasteiger partial charge in [-0.15, -0.1) is 0 Å². The number of methoxy groups -OCH3 is 1. The smallest absolute Gasteiger partial charge is 0.338 e. The van der Waals surface area contributed by atoms with Crippen molar-refractivity contribution in [3.05, 3.63) is 65.5 Å². The van der Waals surface area contributed by atoms with Crippen LogP contribution in [-0.4, -0.2) is 111 Å². The Labute approximate surface area is 256 Å². The molecule has 0 bridgehead atoms. The third-order valence-corrected chi connectivity index (χ3v) is 8.26. The van der Waals surface area contributed by atoms with Crippen molar-refractivity contribution in [3.63, 3.8) is 0 Å². The summed E-state index contributed by atoms with van der Waals surface area (Å²) in [4.78, 5) is 38.4. The molecule has 11 unspecified atom stereocenters. The standard InChI is InChI=1S/C30H34O15/c1-13(42-21(34)9-19(33)14-3-5-15(32)6-4-14)17-10-30(45-27(17)39)8-7-16-18(26(38)40-2)12-41-28(22(16)30)44-29-25(37)24(36)23(35)20(11-31)43-29/h3-8,10,12-13,16,19-20,22-25,28-29,31-33,35-37H,9,11H2,1-2H3. The zero-order chi connectivity index (χ0) is 32.6. The van der Waals surface area contributed by atoms with Gasteiger partial charge in [0.05, 0.1) is 49.6 Å². The van der Waals surface area contributed by atoms with Gasteiger partial charge in [0.2, 0.25) is 6.29 Å². The van der Waals surface area contributed by atoms with E-state index in [2.05, 4.69) is 0 Å². The first-order valence-corrected chi connectivity index (χ1v) is 14.1. The Balaban J connectivity index is 1.37. The highest BCUT2D eigenvalue weighted by atomic mass is 16.8. The molecule has 1 aliphatic carbocycles. The van der Waals surface area contributed by atoms with Gasteiger partial charge in [-0.1, -0.05) is 18.2 Å². The minimum atomic E-state index is -1.77. The quantitative estimate of drug-likeness (QED) is 0.109. The van der Waals surface area contributed by atoms with E-state index in [1.165, 1.54) is 50.5 Å². The largest absolute Gasteiger partial charge is 0.508 e. The van der Waals surface area contributed by atoms with Crippen LogP contribution in [0.25, 0.3) is 0 Å². The van der Waals surface area contributed by atoms with E-state index in [1.54, 1.807) is 6.08 Å². The van der Waals surface area contributed by atoms with E-state index < -0.39 is 97.6 Å². The molecule has 4 aliphatic rings. The van der Waals surface area contributed by atoms with Crippen LogP contribution in [0.2, 0.25) is 0 Å². The van der Waals surface area contributed by atoms with Gasteiger partial charge in [-0.2, -0.15) is 0 Å². The number of aliphatic hydroxyl groups excluding tert-OH is 5. The van der Waals surface area contributed by atoms with Crippen LogP contribution in [0.5, 0.6) is 5.75 Å². The van der Waals surface area contributed by atoms with Gasteiger partial charge in [0.1, 0.15) is 36.3 Å². The average Bonchev–Trinajstić information content (AvgIpc) is 3.56. The maximum absolute atomic E-state index is 13.2. The number of aliphatic hydroxyl groups is 5. The molecule has 0 amide bonds. The van der Waals surface area contributed by atoms with Crippen molar-refractivity contribution in [1.82, 2.24) is 0 Å². The average molecular weight is 635 g/mol. The van der Waals surface area contributed by atoms with Gasteiger partial charge in [-0.25, -0.2) is 9.59 Å². The van der Waals surface area contributed by atoms with Crippen molar-refractivity contribution in [2.24, 2.45) is 11.8 Å². The number of allylic oxidation sites excluding steroid dienone is 1. The Bertz CT molecular complexity index is 1380. The van der Waals surface area contributed by atoms with Gasteiger partial charge >= 0.3 is 17.9 Å². The molecule has 1 fully saturated rings. The number of rotatable bonds is 9. The van der Waals surface area contributed by atoms with Crippen LogP contribution in [0.3, 0.4) is 0 Å². The molecule has 5 rings (SSSR count). The van der Waals surface area contributed by atoms with Gasteiger partial charge in [0, 0.05) is 5.92 Å². The molecule has 1 aromatic rings. The lowest BCUT2D eigenvalue weighted by Crippen LogP contribution is -2.60. The molecule has 15 heteroatoms. The number of phenolic OH excluding ortho intramolecular Hbond substituents is 1. The molecule has 1 aromatic carbocycles. The maximum Gasteiger partial charge on any atom is 0.338 e. The molecule has 45 heavy (non-hydrogen) atoms. The Kier molecular flexibility index (Phi) is 9.32. The van der Waals surface area contributed by atoms with Crippen LogP contribution in [0, 0.1) is 11.8 Å². The first-order chi connectivity index (χ1) is 21.4. The van der Waals surface area contributed by atoms with Gasteiger partial charge in [0.25, 0.3) is 0 Å². The molecule has 3 heterocycles. The lowest BCUT2D eigenvalue weighted by Gasteiger charge is -2.44. The van der Waals surface area contributed by atoms with Crippen LogP contribution in [0.4, 0.5) is 0 Å².